The second-order valence-electron chi connectivity index (χ2n) is 3.46. The summed E-state index contributed by atoms with van der Waals surface area (Å²) < 4.78 is 0. The van der Waals surface area contributed by atoms with Crippen LogP contribution in [0.25, 0.3) is 0 Å². The largest absolute Gasteiger partial charge is 0.478 e. The third kappa shape index (κ3) is 5.20. The van der Waals surface area contributed by atoms with Crippen LogP contribution in [0, 0.1) is 0 Å². The van der Waals surface area contributed by atoms with Crippen molar-refractivity contribution in [3.8, 4) is 0 Å². The molecule has 0 bridgehead atoms. The summed E-state index contributed by atoms with van der Waals surface area (Å²) in [6.07, 6.45) is 2.95. The zero-order valence-corrected chi connectivity index (χ0v) is 9.62. The zero-order chi connectivity index (χ0) is 11.8. The molecule has 0 heterocycles. The molecule has 0 aliphatic carbocycles. The average molecular weight is 213 g/mol. The van der Waals surface area contributed by atoms with Crippen LogP contribution in [-0.2, 0) is 9.59 Å². The van der Waals surface area contributed by atoms with E-state index in [4.69, 9.17) is 5.11 Å². The normalized spacial score (nSPS) is 11.3. The summed E-state index contributed by atoms with van der Waals surface area (Å²) in [7, 11) is 0. The van der Waals surface area contributed by atoms with E-state index in [-0.39, 0.29) is 11.5 Å². The van der Waals surface area contributed by atoms with Crippen LogP contribution in [0.15, 0.2) is 11.6 Å². The van der Waals surface area contributed by atoms with Gasteiger partial charge in [-0.05, 0) is 19.8 Å². The van der Waals surface area contributed by atoms with E-state index in [1.807, 2.05) is 13.8 Å². The topological polar surface area (TPSA) is 57.6 Å². The van der Waals surface area contributed by atoms with Gasteiger partial charge in [-0.1, -0.05) is 13.8 Å². The second kappa shape index (κ2) is 7.04. The Labute approximate surface area is 90.6 Å². The van der Waals surface area contributed by atoms with Crippen LogP contribution in [0.3, 0.4) is 0 Å². The molecule has 0 unspecified atom stereocenters. The monoisotopic (exact) mass is 213 g/mol. The molecule has 0 aromatic rings. The number of carboxylic acids is 1. The van der Waals surface area contributed by atoms with Crippen LogP contribution in [0.1, 0.15) is 33.6 Å². The second-order valence-corrected chi connectivity index (χ2v) is 3.46. The maximum Gasteiger partial charge on any atom is 0.331 e. The van der Waals surface area contributed by atoms with Gasteiger partial charge in [0.05, 0.1) is 0 Å². The number of carboxylic acid groups (broad SMARTS) is 1. The number of aliphatic carboxylic acids is 1. The standard InChI is InChI=1S/C11H19NO3/c1-4-6-12(7-5-2)10(13)8-9(3)11(14)15/h8H,4-7H2,1-3H3,(H,14,15). The van der Waals surface area contributed by atoms with Crippen LogP contribution in [0.4, 0.5) is 0 Å². The zero-order valence-electron chi connectivity index (χ0n) is 9.62. The summed E-state index contributed by atoms with van der Waals surface area (Å²) in [6, 6.07) is 0. The molecule has 4 nitrogen and oxygen atoms in total. The van der Waals surface area contributed by atoms with Crippen molar-refractivity contribution in [3.05, 3.63) is 11.6 Å². The van der Waals surface area contributed by atoms with E-state index in [2.05, 4.69) is 0 Å². The molecule has 0 saturated carbocycles. The van der Waals surface area contributed by atoms with Crippen molar-refractivity contribution in [2.45, 2.75) is 33.6 Å². The fourth-order valence-electron chi connectivity index (χ4n) is 1.21. The van der Waals surface area contributed by atoms with Crippen LogP contribution in [-0.4, -0.2) is 35.0 Å². The molecule has 0 saturated heterocycles. The first-order valence-corrected chi connectivity index (χ1v) is 5.23. The first kappa shape index (κ1) is 13.7. The van der Waals surface area contributed by atoms with E-state index in [9.17, 15) is 9.59 Å². The Balaban J connectivity index is 4.49. The molecule has 1 amide bonds. The summed E-state index contributed by atoms with van der Waals surface area (Å²) in [6.45, 7) is 6.76. The third-order valence-electron chi connectivity index (χ3n) is 1.98. The lowest BCUT2D eigenvalue weighted by atomic mass is 10.2. The molecule has 0 aliphatic heterocycles. The molecule has 1 N–H and O–H groups in total. The van der Waals surface area contributed by atoms with Crippen molar-refractivity contribution in [3.63, 3.8) is 0 Å². The van der Waals surface area contributed by atoms with Gasteiger partial charge < -0.3 is 10.0 Å². The highest BCUT2D eigenvalue weighted by Crippen LogP contribution is 2.00. The Morgan fingerprint density at radius 1 is 1.20 bits per heavy atom. The van der Waals surface area contributed by atoms with Gasteiger partial charge in [0.1, 0.15) is 0 Å². The fourth-order valence-corrected chi connectivity index (χ4v) is 1.21. The van der Waals surface area contributed by atoms with Gasteiger partial charge in [0, 0.05) is 24.7 Å². The predicted molar refractivity (Wildman–Crippen MR) is 58.6 cm³/mol. The smallest absolute Gasteiger partial charge is 0.331 e. The first-order chi connectivity index (χ1) is 7.02. The van der Waals surface area contributed by atoms with E-state index in [1.54, 1.807) is 4.90 Å². The lowest BCUT2D eigenvalue weighted by molar-refractivity contribution is -0.133. The summed E-state index contributed by atoms with van der Waals surface area (Å²) in [5.41, 5.74) is 0.0807. The van der Waals surface area contributed by atoms with Gasteiger partial charge >= 0.3 is 5.97 Å². The lowest BCUT2D eigenvalue weighted by Gasteiger charge is -2.19. The molecule has 0 aromatic heterocycles. The number of nitrogens with zero attached hydrogens (tertiary/aromatic N) is 1. The Bertz CT molecular complexity index is 253. The van der Waals surface area contributed by atoms with Crippen molar-refractivity contribution in [2.75, 3.05) is 13.1 Å². The molecule has 0 aliphatic rings. The van der Waals surface area contributed by atoms with Gasteiger partial charge in [0.15, 0.2) is 0 Å². The van der Waals surface area contributed by atoms with Gasteiger partial charge in [-0.2, -0.15) is 0 Å². The van der Waals surface area contributed by atoms with Crippen molar-refractivity contribution in [2.24, 2.45) is 0 Å². The van der Waals surface area contributed by atoms with Crippen LogP contribution in [0.5, 0.6) is 0 Å². The van der Waals surface area contributed by atoms with E-state index >= 15 is 0 Å². The molecule has 4 heteroatoms. The van der Waals surface area contributed by atoms with Crippen molar-refractivity contribution in [1.29, 1.82) is 0 Å². The molecular weight excluding hydrogens is 194 g/mol. The number of carbonyl (C=O) groups excluding carboxylic acids is 1. The SMILES string of the molecule is CCCN(CCC)C(=O)C=C(C)C(=O)O. The fraction of sp³-hybridized carbons (Fsp3) is 0.636. The van der Waals surface area contributed by atoms with Crippen molar-refractivity contribution in [1.82, 2.24) is 4.90 Å². The minimum absolute atomic E-state index is 0.0807. The minimum Gasteiger partial charge on any atom is -0.478 e. The average Bonchev–Trinajstić information content (AvgIpc) is 2.17. The highest BCUT2D eigenvalue weighted by Gasteiger charge is 2.11. The van der Waals surface area contributed by atoms with Gasteiger partial charge in [-0.25, -0.2) is 4.79 Å². The number of carbonyl (C=O) groups is 2. The van der Waals surface area contributed by atoms with E-state index in [0.717, 1.165) is 12.8 Å². The Morgan fingerprint density at radius 3 is 2.00 bits per heavy atom. The molecule has 0 atom stereocenters. The van der Waals surface area contributed by atoms with Crippen molar-refractivity contribution >= 4 is 11.9 Å². The van der Waals surface area contributed by atoms with Gasteiger partial charge in [0.2, 0.25) is 5.91 Å². The number of amides is 1. The van der Waals surface area contributed by atoms with Crippen molar-refractivity contribution < 1.29 is 14.7 Å². The van der Waals surface area contributed by atoms with Crippen LogP contribution in [0.2, 0.25) is 0 Å². The molecule has 15 heavy (non-hydrogen) atoms. The van der Waals surface area contributed by atoms with Gasteiger partial charge in [-0.3, -0.25) is 4.79 Å². The van der Waals surface area contributed by atoms with E-state index in [1.165, 1.54) is 13.0 Å². The predicted octanol–water partition coefficient (Wildman–Crippen LogP) is 1.67. The number of hydrogen-bond acceptors (Lipinski definition) is 2. The van der Waals surface area contributed by atoms with Gasteiger partial charge in [0.25, 0.3) is 0 Å². The molecular formula is C11H19NO3. The number of hydrogen-bond donors (Lipinski definition) is 1. The Morgan fingerprint density at radius 2 is 1.67 bits per heavy atom. The minimum atomic E-state index is -1.05. The molecule has 86 valence electrons. The summed E-state index contributed by atoms with van der Waals surface area (Å²) in [4.78, 5) is 23.8. The van der Waals surface area contributed by atoms with Crippen LogP contribution < -0.4 is 0 Å². The number of rotatable bonds is 6. The summed E-state index contributed by atoms with van der Waals surface area (Å²) in [5.74, 6) is -1.25. The summed E-state index contributed by atoms with van der Waals surface area (Å²) in [5, 5.41) is 8.63. The maximum atomic E-state index is 11.6. The quantitative estimate of drug-likeness (QED) is 0.683. The molecule has 0 fully saturated rings. The Kier molecular flexibility index (Phi) is 6.42. The Hall–Kier alpha value is -1.32. The molecule has 0 rings (SSSR count). The highest BCUT2D eigenvalue weighted by molar-refractivity contribution is 5.97. The molecule has 0 radical (unpaired) electrons. The van der Waals surface area contributed by atoms with E-state index < -0.39 is 5.97 Å². The summed E-state index contributed by atoms with van der Waals surface area (Å²) >= 11 is 0. The first-order valence-electron chi connectivity index (χ1n) is 5.23. The van der Waals surface area contributed by atoms with E-state index in [0.29, 0.717) is 13.1 Å². The highest BCUT2D eigenvalue weighted by atomic mass is 16.4. The molecule has 0 spiro atoms. The van der Waals surface area contributed by atoms with Gasteiger partial charge in [-0.15, -0.1) is 0 Å². The maximum absolute atomic E-state index is 11.6. The third-order valence-corrected chi connectivity index (χ3v) is 1.98. The molecule has 0 aromatic carbocycles. The lowest BCUT2D eigenvalue weighted by Crippen LogP contribution is -2.31. The van der Waals surface area contributed by atoms with Crippen LogP contribution >= 0.6 is 0 Å².